The monoisotopic (exact) mass is 353 g/mol. The van der Waals surface area contributed by atoms with E-state index in [1.54, 1.807) is 0 Å². The average Bonchev–Trinajstić information content (AvgIpc) is 2.62. The number of rotatable bonds is 4. The molecular formula is C18H25F2N3O2. The van der Waals surface area contributed by atoms with Gasteiger partial charge in [-0.15, -0.1) is 0 Å². The highest BCUT2D eigenvalue weighted by atomic mass is 19.1. The molecule has 25 heavy (non-hydrogen) atoms. The minimum atomic E-state index is -0.515. The Kier molecular flexibility index (Phi) is 5.98. The number of morpholine rings is 1. The molecular weight excluding hydrogens is 328 g/mol. The Hall–Kier alpha value is -1.57. The fourth-order valence-corrected chi connectivity index (χ4v) is 3.50. The van der Waals surface area contributed by atoms with Gasteiger partial charge in [-0.2, -0.15) is 0 Å². The quantitative estimate of drug-likeness (QED) is 0.822. The molecule has 0 aromatic heterocycles. The second-order valence-electron chi connectivity index (χ2n) is 6.62. The lowest BCUT2D eigenvalue weighted by Crippen LogP contribution is -2.52. The van der Waals surface area contributed by atoms with Crippen molar-refractivity contribution in [2.24, 2.45) is 0 Å². The molecule has 5 nitrogen and oxygen atoms in total. The average molecular weight is 353 g/mol. The van der Waals surface area contributed by atoms with Crippen LogP contribution in [0, 0.1) is 11.6 Å². The summed E-state index contributed by atoms with van der Waals surface area (Å²) in [5, 5.41) is 0. The Morgan fingerprint density at radius 2 is 1.68 bits per heavy atom. The number of ether oxygens (including phenoxy) is 1. The van der Waals surface area contributed by atoms with E-state index in [2.05, 4.69) is 4.90 Å². The molecule has 7 heteroatoms. The summed E-state index contributed by atoms with van der Waals surface area (Å²) in [5.41, 5.74) is 0.107. The van der Waals surface area contributed by atoms with E-state index in [1.165, 1.54) is 18.2 Å². The Morgan fingerprint density at radius 3 is 2.28 bits per heavy atom. The van der Waals surface area contributed by atoms with Crippen LogP contribution < -0.4 is 0 Å². The summed E-state index contributed by atoms with van der Waals surface area (Å²) in [6, 6.07) is 3.61. The van der Waals surface area contributed by atoms with Crippen LogP contribution in [0.5, 0.6) is 0 Å². The maximum atomic E-state index is 14.0. The largest absolute Gasteiger partial charge is 0.379 e. The highest BCUT2D eigenvalue weighted by Gasteiger charge is 2.28. The number of hydrogen-bond acceptors (Lipinski definition) is 4. The molecule has 2 aliphatic heterocycles. The van der Waals surface area contributed by atoms with E-state index < -0.39 is 11.6 Å². The van der Waals surface area contributed by atoms with Crippen LogP contribution in [-0.2, 0) is 9.53 Å². The normalized spacial score (nSPS) is 21.3. The number of halogens is 2. The molecule has 0 aliphatic carbocycles. The third-order valence-electron chi connectivity index (χ3n) is 5.09. The molecule has 0 bridgehead atoms. The van der Waals surface area contributed by atoms with E-state index in [0.29, 0.717) is 45.9 Å². The lowest BCUT2D eigenvalue weighted by atomic mass is 10.0. The Bertz CT molecular complexity index is 580. The van der Waals surface area contributed by atoms with Crippen LogP contribution in [0.15, 0.2) is 18.2 Å². The Balaban J connectivity index is 1.53. The van der Waals surface area contributed by atoms with Gasteiger partial charge in [0.05, 0.1) is 19.8 Å². The Morgan fingerprint density at radius 1 is 1.08 bits per heavy atom. The zero-order chi connectivity index (χ0) is 17.8. The molecule has 1 unspecified atom stereocenters. The van der Waals surface area contributed by atoms with Crippen molar-refractivity contribution in [3.63, 3.8) is 0 Å². The lowest BCUT2D eigenvalue weighted by Gasteiger charge is -2.39. The number of carbonyl (C=O) groups excluding carboxylic acids is 1. The maximum absolute atomic E-state index is 14.0. The van der Waals surface area contributed by atoms with Gasteiger partial charge in [-0.05, 0) is 19.1 Å². The maximum Gasteiger partial charge on any atom is 0.236 e. The third kappa shape index (κ3) is 4.34. The summed E-state index contributed by atoms with van der Waals surface area (Å²) in [6.07, 6.45) is 0. The lowest BCUT2D eigenvalue weighted by molar-refractivity contribution is -0.135. The SMILES string of the molecule is CC(c1c(F)cccc1F)N1CCN(C(=O)CN2CCOCC2)CC1. The van der Waals surface area contributed by atoms with Gasteiger partial charge in [-0.25, -0.2) is 8.78 Å². The van der Waals surface area contributed by atoms with Crippen LogP contribution in [0.4, 0.5) is 8.78 Å². The summed E-state index contributed by atoms with van der Waals surface area (Å²) in [7, 11) is 0. The van der Waals surface area contributed by atoms with E-state index in [9.17, 15) is 13.6 Å². The molecule has 1 aromatic rings. The summed E-state index contributed by atoms with van der Waals surface area (Å²) < 4.78 is 33.2. The van der Waals surface area contributed by atoms with Crippen molar-refractivity contribution in [3.8, 4) is 0 Å². The van der Waals surface area contributed by atoms with Crippen LogP contribution in [0.2, 0.25) is 0 Å². The number of nitrogens with zero attached hydrogens (tertiary/aromatic N) is 3. The molecule has 138 valence electrons. The predicted octanol–water partition coefficient (Wildman–Crippen LogP) is 1.50. The van der Waals surface area contributed by atoms with E-state index in [-0.39, 0.29) is 17.5 Å². The second-order valence-corrected chi connectivity index (χ2v) is 6.62. The summed E-state index contributed by atoms with van der Waals surface area (Å²) >= 11 is 0. The fraction of sp³-hybridized carbons (Fsp3) is 0.611. The van der Waals surface area contributed by atoms with Gasteiger partial charge in [0.1, 0.15) is 11.6 Å². The highest BCUT2D eigenvalue weighted by molar-refractivity contribution is 5.78. The Labute approximate surface area is 147 Å². The van der Waals surface area contributed by atoms with Gasteiger partial charge in [-0.3, -0.25) is 14.6 Å². The van der Waals surface area contributed by atoms with Crippen molar-refractivity contribution in [1.82, 2.24) is 14.7 Å². The number of carbonyl (C=O) groups is 1. The van der Waals surface area contributed by atoms with E-state index in [1.807, 2.05) is 16.7 Å². The molecule has 2 aliphatic rings. The molecule has 0 spiro atoms. The molecule has 1 atom stereocenters. The topological polar surface area (TPSA) is 36.0 Å². The van der Waals surface area contributed by atoms with Crippen molar-refractivity contribution >= 4 is 5.91 Å². The molecule has 0 saturated carbocycles. The van der Waals surface area contributed by atoms with Crippen molar-refractivity contribution in [1.29, 1.82) is 0 Å². The minimum absolute atomic E-state index is 0.107. The fourth-order valence-electron chi connectivity index (χ4n) is 3.50. The first-order valence-corrected chi connectivity index (χ1v) is 8.82. The second kappa shape index (κ2) is 8.21. The number of hydrogen-bond donors (Lipinski definition) is 0. The van der Waals surface area contributed by atoms with Crippen LogP contribution in [0.3, 0.4) is 0 Å². The van der Waals surface area contributed by atoms with Gasteiger partial charge in [0.2, 0.25) is 5.91 Å². The molecule has 0 radical (unpaired) electrons. The molecule has 1 amide bonds. The van der Waals surface area contributed by atoms with Gasteiger partial charge in [0.15, 0.2) is 0 Å². The highest BCUT2D eigenvalue weighted by Crippen LogP contribution is 2.26. The van der Waals surface area contributed by atoms with E-state index in [0.717, 1.165) is 13.1 Å². The number of piperazine rings is 1. The standard InChI is InChI=1S/C18H25F2N3O2/c1-14(18-15(19)3-2-4-16(18)20)22-5-7-23(8-6-22)17(24)13-21-9-11-25-12-10-21/h2-4,14H,5-13H2,1H3. The molecule has 2 heterocycles. The molecule has 2 saturated heterocycles. The first-order chi connectivity index (χ1) is 12.1. The van der Waals surface area contributed by atoms with Crippen molar-refractivity contribution in [2.45, 2.75) is 13.0 Å². The minimum Gasteiger partial charge on any atom is -0.379 e. The summed E-state index contributed by atoms with van der Waals surface area (Å²) in [4.78, 5) is 18.4. The predicted molar refractivity (Wildman–Crippen MR) is 90.2 cm³/mol. The first-order valence-electron chi connectivity index (χ1n) is 8.82. The number of benzene rings is 1. The zero-order valence-electron chi connectivity index (χ0n) is 14.6. The van der Waals surface area contributed by atoms with Gasteiger partial charge < -0.3 is 9.64 Å². The van der Waals surface area contributed by atoms with E-state index in [4.69, 9.17) is 4.74 Å². The van der Waals surface area contributed by atoms with Crippen LogP contribution in [0.1, 0.15) is 18.5 Å². The van der Waals surface area contributed by atoms with Gasteiger partial charge >= 0.3 is 0 Å². The number of amides is 1. The van der Waals surface area contributed by atoms with Crippen LogP contribution >= 0.6 is 0 Å². The molecule has 0 N–H and O–H groups in total. The zero-order valence-corrected chi connectivity index (χ0v) is 14.6. The van der Waals surface area contributed by atoms with E-state index >= 15 is 0 Å². The van der Waals surface area contributed by atoms with Gasteiger partial charge in [0.25, 0.3) is 0 Å². The molecule has 1 aromatic carbocycles. The van der Waals surface area contributed by atoms with Gasteiger partial charge in [-0.1, -0.05) is 6.07 Å². The summed E-state index contributed by atoms with van der Waals surface area (Å²) in [6.45, 7) is 7.55. The molecule has 3 rings (SSSR count). The van der Waals surface area contributed by atoms with Crippen molar-refractivity contribution in [3.05, 3.63) is 35.4 Å². The van der Waals surface area contributed by atoms with Crippen molar-refractivity contribution in [2.75, 3.05) is 59.0 Å². The third-order valence-corrected chi connectivity index (χ3v) is 5.09. The summed E-state index contributed by atoms with van der Waals surface area (Å²) in [5.74, 6) is -0.914. The van der Waals surface area contributed by atoms with Crippen LogP contribution in [-0.4, -0.2) is 79.6 Å². The first kappa shape index (κ1) is 18.2. The van der Waals surface area contributed by atoms with Crippen LogP contribution in [0.25, 0.3) is 0 Å². The van der Waals surface area contributed by atoms with Crippen molar-refractivity contribution < 1.29 is 18.3 Å². The smallest absolute Gasteiger partial charge is 0.236 e. The van der Waals surface area contributed by atoms with Gasteiger partial charge in [0, 0.05) is 50.9 Å². The molecule has 2 fully saturated rings.